The maximum atomic E-state index is 12.7. The Kier molecular flexibility index (Phi) is 5.13. The quantitative estimate of drug-likeness (QED) is 0.703. The molecule has 0 saturated heterocycles. The number of rotatable bonds is 6. The number of aliphatic hydroxyl groups is 1. The average Bonchev–Trinajstić information content (AvgIpc) is 2.43. The summed E-state index contributed by atoms with van der Waals surface area (Å²) >= 11 is 5.73. The van der Waals surface area contributed by atoms with E-state index >= 15 is 0 Å². The molecular weight excluding hydrogens is 299 g/mol. The van der Waals surface area contributed by atoms with E-state index in [1.54, 1.807) is 0 Å². The molecule has 0 unspecified atom stereocenters. The summed E-state index contributed by atoms with van der Waals surface area (Å²) < 4.78 is 18.0. The molecule has 6 nitrogen and oxygen atoms in total. The van der Waals surface area contributed by atoms with Gasteiger partial charge in [0.2, 0.25) is 5.95 Å². The summed E-state index contributed by atoms with van der Waals surface area (Å²) in [5.41, 5.74) is 5.45. The minimum atomic E-state index is -0.787. The predicted molar refractivity (Wildman–Crippen MR) is 77.8 cm³/mol. The number of nitrogen functional groups attached to an aromatic ring is 1. The molecule has 0 saturated carbocycles. The zero-order valence-electron chi connectivity index (χ0n) is 11.0. The van der Waals surface area contributed by atoms with Gasteiger partial charge in [0.15, 0.2) is 0 Å². The van der Waals surface area contributed by atoms with Gasteiger partial charge in [0.05, 0.1) is 0 Å². The summed E-state index contributed by atoms with van der Waals surface area (Å²) in [4.78, 5) is 7.63. The Labute approximate surface area is 125 Å². The van der Waals surface area contributed by atoms with Crippen molar-refractivity contribution in [3.05, 3.63) is 41.3 Å². The molecule has 0 bridgehead atoms. The minimum absolute atomic E-state index is 0.0436. The molecule has 0 radical (unpaired) electrons. The number of nitrogens with two attached hydrogens (primary N) is 1. The Bertz CT molecular complexity index is 577. The molecule has 4 N–H and O–H groups in total. The summed E-state index contributed by atoms with van der Waals surface area (Å²) in [7, 11) is 0. The van der Waals surface area contributed by atoms with Gasteiger partial charge in [0, 0.05) is 12.6 Å². The van der Waals surface area contributed by atoms with Crippen LogP contribution in [0.25, 0.3) is 0 Å². The van der Waals surface area contributed by atoms with Crippen LogP contribution in [0.5, 0.6) is 5.75 Å². The number of hydrogen-bond donors (Lipinski definition) is 3. The van der Waals surface area contributed by atoms with Gasteiger partial charge in [0.1, 0.15) is 35.2 Å². The maximum Gasteiger partial charge on any atom is 0.223 e. The number of benzene rings is 1. The molecule has 1 atom stereocenters. The topological polar surface area (TPSA) is 93.3 Å². The fraction of sp³-hybridized carbons (Fsp3) is 0.231. The smallest absolute Gasteiger partial charge is 0.223 e. The number of anilines is 2. The summed E-state index contributed by atoms with van der Waals surface area (Å²) in [6, 6.07) is 7.03. The number of nitrogens with one attached hydrogen (secondary N) is 1. The van der Waals surface area contributed by atoms with E-state index in [4.69, 9.17) is 22.1 Å². The highest BCUT2D eigenvalue weighted by molar-refractivity contribution is 6.29. The first-order valence-electron chi connectivity index (χ1n) is 6.13. The van der Waals surface area contributed by atoms with Crippen molar-refractivity contribution in [3.8, 4) is 5.75 Å². The van der Waals surface area contributed by atoms with E-state index in [0.29, 0.717) is 11.6 Å². The fourth-order valence-electron chi connectivity index (χ4n) is 1.53. The molecule has 0 fully saturated rings. The zero-order valence-corrected chi connectivity index (χ0v) is 11.7. The number of hydrogen-bond acceptors (Lipinski definition) is 6. The van der Waals surface area contributed by atoms with Crippen LogP contribution in [0.2, 0.25) is 5.15 Å². The fourth-order valence-corrected chi connectivity index (χ4v) is 1.72. The lowest BCUT2D eigenvalue weighted by atomic mass is 10.3. The predicted octanol–water partition coefficient (Wildman–Crippen LogP) is 1.70. The third-order valence-electron chi connectivity index (χ3n) is 2.49. The van der Waals surface area contributed by atoms with E-state index in [1.807, 2.05) is 0 Å². The number of halogens is 2. The van der Waals surface area contributed by atoms with E-state index in [1.165, 1.54) is 30.3 Å². The first-order chi connectivity index (χ1) is 10.0. The van der Waals surface area contributed by atoms with Gasteiger partial charge in [-0.3, -0.25) is 0 Å². The molecule has 1 heterocycles. The monoisotopic (exact) mass is 312 g/mol. The van der Waals surface area contributed by atoms with Crippen LogP contribution in [-0.4, -0.2) is 34.3 Å². The van der Waals surface area contributed by atoms with Gasteiger partial charge in [0.25, 0.3) is 0 Å². The molecule has 0 aliphatic carbocycles. The Morgan fingerprint density at radius 1 is 1.33 bits per heavy atom. The van der Waals surface area contributed by atoms with Gasteiger partial charge in [-0.25, -0.2) is 9.37 Å². The molecule has 1 aromatic heterocycles. The molecular formula is C13H14ClFN4O2. The number of aliphatic hydroxyl groups excluding tert-OH is 1. The van der Waals surface area contributed by atoms with E-state index in [-0.39, 0.29) is 30.1 Å². The van der Waals surface area contributed by atoms with Crippen LogP contribution in [-0.2, 0) is 0 Å². The molecule has 0 amide bonds. The molecule has 0 aliphatic rings. The molecule has 112 valence electrons. The summed E-state index contributed by atoms with van der Waals surface area (Å²) in [5.74, 6) is 0.586. The van der Waals surface area contributed by atoms with Crippen molar-refractivity contribution in [2.45, 2.75) is 6.10 Å². The van der Waals surface area contributed by atoms with Gasteiger partial charge in [-0.15, -0.1) is 0 Å². The second kappa shape index (κ2) is 7.05. The largest absolute Gasteiger partial charge is 0.491 e. The summed E-state index contributed by atoms with van der Waals surface area (Å²) in [6.45, 7) is 0.237. The standard InChI is InChI=1S/C13H14ClFN4O2/c14-11-5-12(19-13(16)18-11)17-6-9(20)7-21-10-3-1-8(15)2-4-10/h1-5,9,20H,6-7H2,(H3,16,17,18,19)/t9-/m1/s1. The van der Waals surface area contributed by atoms with Crippen LogP contribution < -0.4 is 15.8 Å². The molecule has 0 spiro atoms. The Balaban J connectivity index is 1.79. The van der Waals surface area contributed by atoms with Gasteiger partial charge >= 0.3 is 0 Å². The second-order valence-corrected chi connectivity index (χ2v) is 4.62. The highest BCUT2D eigenvalue weighted by Crippen LogP contribution is 2.13. The van der Waals surface area contributed by atoms with Crippen LogP contribution >= 0.6 is 11.6 Å². The van der Waals surface area contributed by atoms with Crippen LogP contribution in [0, 0.1) is 5.82 Å². The SMILES string of the molecule is Nc1nc(Cl)cc(NC[C@@H](O)COc2ccc(F)cc2)n1. The molecule has 1 aromatic carbocycles. The summed E-state index contributed by atoms with van der Waals surface area (Å²) in [5, 5.41) is 12.9. The van der Waals surface area contributed by atoms with Crippen LogP contribution in [0.4, 0.5) is 16.2 Å². The third-order valence-corrected chi connectivity index (χ3v) is 2.68. The average molecular weight is 313 g/mol. The highest BCUT2D eigenvalue weighted by atomic mass is 35.5. The molecule has 2 aromatic rings. The molecule has 21 heavy (non-hydrogen) atoms. The van der Waals surface area contributed by atoms with Crippen molar-refractivity contribution in [1.82, 2.24) is 9.97 Å². The van der Waals surface area contributed by atoms with Gasteiger partial charge in [-0.05, 0) is 24.3 Å². The second-order valence-electron chi connectivity index (χ2n) is 4.23. The lowest BCUT2D eigenvalue weighted by molar-refractivity contribution is 0.117. The van der Waals surface area contributed by atoms with Crippen molar-refractivity contribution in [3.63, 3.8) is 0 Å². The Hall–Kier alpha value is -2.12. The molecule has 2 rings (SSSR count). The van der Waals surface area contributed by atoms with Crippen molar-refractivity contribution in [2.24, 2.45) is 0 Å². The van der Waals surface area contributed by atoms with E-state index in [0.717, 1.165) is 0 Å². The van der Waals surface area contributed by atoms with Crippen LogP contribution in [0.3, 0.4) is 0 Å². The highest BCUT2D eigenvalue weighted by Gasteiger charge is 2.07. The van der Waals surface area contributed by atoms with E-state index in [9.17, 15) is 9.50 Å². The maximum absolute atomic E-state index is 12.7. The van der Waals surface area contributed by atoms with Gasteiger partial charge in [-0.1, -0.05) is 11.6 Å². The Morgan fingerprint density at radius 2 is 2.05 bits per heavy atom. The van der Waals surface area contributed by atoms with Crippen LogP contribution in [0.15, 0.2) is 30.3 Å². The lowest BCUT2D eigenvalue weighted by Gasteiger charge is -2.13. The van der Waals surface area contributed by atoms with Crippen molar-refractivity contribution in [1.29, 1.82) is 0 Å². The van der Waals surface area contributed by atoms with Crippen molar-refractivity contribution >= 4 is 23.4 Å². The van der Waals surface area contributed by atoms with Crippen molar-refractivity contribution in [2.75, 3.05) is 24.2 Å². The first-order valence-corrected chi connectivity index (χ1v) is 6.51. The van der Waals surface area contributed by atoms with Crippen LogP contribution in [0.1, 0.15) is 0 Å². The lowest BCUT2D eigenvalue weighted by Crippen LogP contribution is -2.26. The number of aromatic nitrogens is 2. The van der Waals surface area contributed by atoms with Gasteiger partial charge < -0.3 is 20.9 Å². The minimum Gasteiger partial charge on any atom is -0.491 e. The zero-order chi connectivity index (χ0) is 15.2. The van der Waals surface area contributed by atoms with E-state index in [2.05, 4.69) is 15.3 Å². The molecule has 8 heteroatoms. The number of ether oxygens (including phenoxy) is 1. The van der Waals surface area contributed by atoms with Gasteiger partial charge in [-0.2, -0.15) is 4.98 Å². The number of nitrogens with zero attached hydrogens (tertiary/aromatic N) is 2. The van der Waals surface area contributed by atoms with E-state index < -0.39 is 6.10 Å². The Morgan fingerprint density at radius 3 is 2.71 bits per heavy atom. The molecule has 0 aliphatic heterocycles. The van der Waals surface area contributed by atoms with Crippen molar-refractivity contribution < 1.29 is 14.2 Å². The normalized spacial score (nSPS) is 12.0. The first kappa shape index (κ1) is 15.3. The third kappa shape index (κ3) is 5.05. The summed E-state index contributed by atoms with van der Waals surface area (Å²) in [6.07, 6.45) is -0.787.